The van der Waals surface area contributed by atoms with Crippen LogP contribution >= 0.6 is 0 Å². The lowest BCUT2D eigenvalue weighted by Crippen LogP contribution is -2.00. The fourth-order valence-corrected chi connectivity index (χ4v) is 2.58. The first-order valence-corrected chi connectivity index (χ1v) is 7.67. The zero-order chi connectivity index (χ0) is 17.1. The van der Waals surface area contributed by atoms with E-state index in [1.807, 2.05) is 48.2 Å². The number of carboxylic acid groups (broad SMARTS) is 1. The molecule has 0 bridgehead atoms. The van der Waals surface area contributed by atoms with Gasteiger partial charge in [0.15, 0.2) is 0 Å². The predicted molar refractivity (Wildman–Crippen MR) is 95.9 cm³/mol. The van der Waals surface area contributed by atoms with Gasteiger partial charge in [-0.2, -0.15) is 0 Å². The highest BCUT2D eigenvalue weighted by atomic mass is 16.4. The third-order valence-electron chi connectivity index (χ3n) is 3.86. The Bertz CT molecular complexity index is 906. The Labute approximate surface area is 140 Å². The van der Waals surface area contributed by atoms with E-state index in [4.69, 9.17) is 5.11 Å². The Morgan fingerprint density at radius 2 is 1.83 bits per heavy atom. The Kier molecular flexibility index (Phi) is 4.29. The van der Waals surface area contributed by atoms with Gasteiger partial charge in [0.05, 0.1) is 23.2 Å². The number of aromatic nitrogens is 1. The second-order valence-electron chi connectivity index (χ2n) is 5.70. The van der Waals surface area contributed by atoms with Crippen molar-refractivity contribution < 1.29 is 9.90 Å². The fraction of sp³-hybridized carbons (Fsp3) is 0.100. The number of carboxylic acids is 1. The molecule has 0 aliphatic rings. The molecule has 1 aromatic heterocycles. The highest BCUT2D eigenvalue weighted by Crippen LogP contribution is 2.20. The minimum Gasteiger partial charge on any atom is -0.478 e. The van der Waals surface area contributed by atoms with Crippen molar-refractivity contribution in [3.8, 4) is 5.69 Å². The minimum absolute atomic E-state index is 0.274. The van der Waals surface area contributed by atoms with Crippen molar-refractivity contribution in [2.75, 3.05) is 0 Å². The van der Waals surface area contributed by atoms with Crippen molar-refractivity contribution in [3.63, 3.8) is 0 Å². The number of aromatic carboxylic acids is 1. The molecule has 0 spiro atoms. The van der Waals surface area contributed by atoms with Gasteiger partial charge in [-0.05, 0) is 61.9 Å². The average Bonchev–Trinajstić information content (AvgIpc) is 3.02. The molecule has 0 saturated heterocycles. The van der Waals surface area contributed by atoms with Crippen LogP contribution in [-0.4, -0.2) is 21.9 Å². The number of hydrogen-bond donors (Lipinski definition) is 1. The van der Waals surface area contributed by atoms with Crippen LogP contribution in [0.25, 0.3) is 5.69 Å². The number of benzene rings is 2. The quantitative estimate of drug-likeness (QED) is 0.718. The summed E-state index contributed by atoms with van der Waals surface area (Å²) in [5.74, 6) is -0.925. The van der Waals surface area contributed by atoms with Crippen LogP contribution in [0.5, 0.6) is 0 Å². The molecule has 0 fully saturated rings. The summed E-state index contributed by atoms with van der Waals surface area (Å²) in [4.78, 5) is 15.5. The fourth-order valence-electron chi connectivity index (χ4n) is 2.58. The first-order valence-electron chi connectivity index (χ1n) is 7.67. The zero-order valence-corrected chi connectivity index (χ0v) is 13.6. The van der Waals surface area contributed by atoms with Gasteiger partial charge in [0.2, 0.25) is 0 Å². The molecule has 3 aromatic rings. The summed E-state index contributed by atoms with van der Waals surface area (Å²) >= 11 is 0. The van der Waals surface area contributed by atoms with E-state index in [0.717, 1.165) is 22.6 Å². The monoisotopic (exact) mass is 318 g/mol. The molecular formula is C20H18N2O2. The molecule has 120 valence electrons. The van der Waals surface area contributed by atoms with Gasteiger partial charge in [0, 0.05) is 11.9 Å². The molecule has 2 aromatic carbocycles. The molecule has 0 unspecified atom stereocenters. The summed E-state index contributed by atoms with van der Waals surface area (Å²) in [6.45, 7) is 4.11. The molecular weight excluding hydrogens is 300 g/mol. The lowest BCUT2D eigenvalue weighted by atomic mass is 10.1. The Hall–Kier alpha value is -3.14. The zero-order valence-electron chi connectivity index (χ0n) is 13.6. The molecule has 0 radical (unpaired) electrons. The van der Waals surface area contributed by atoms with E-state index in [2.05, 4.69) is 18.0 Å². The first kappa shape index (κ1) is 15.7. The molecule has 4 nitrogen and oxygen atoms in total. The smallest absolute Gasteiger partial charge is 0.335 e. The van der Waals surface area contributed by atoms with Crippen LogP contribution in [0.3, 0.4) is 0 Å². The number of rotatable bonds is 4. The molecule has 0 amide bonds. The third kappa shape index (κ3) is 3.27. The topological polar surface area (TPSA) is 54.6 Å². The van der Waals surface area contributed by atoms with Gasteiger partial charge in [-0.15, -0.1) is 0 Å². The summed E-state index contributed by atoms with van der Waals surface area (Å²) in [7, 11) is 0. The van der Waals surface area contributed by atoms with Crippen LogP contribution in [0.2, 0.25) is 0 Å². The summed E-state index contributed by atoms with van der Waals surface area (Å²) in [6.07, 6.45) is 3.75. The van der Waals surface area contributed by atoms with Crippen molar-refractivity contribution in [1.82, 2.24) is 4.57 Å². The van der Waals surface area contributed by atoms with Crippen LogP contribution in [-0.2, 0) is 0 Å². The highest BCUT2D eigenvalue weighted by molar-refractivity contribution is 5.88. The molecule has 0 aliphatic carbocycles. The van der Waals surface area contributed by atoms with Gasteiger partial charge < -0.3 is 9.67 Å². The van der Waals surface area contributed by atoms with Crippen LogP contribution in [0.4, 0.5) is 5.69 Å². The standard InChI is InChI=1S/C20H18N2O2/c1-14-5-10-19(15(2)12-14)21-13-18-4-3-11-22(18)17-8-6-16(7-9-17)20(23)24/h3-13H,1-2H3,(H,23,24). The van der Waals surface area contributed by atoms with Crippen molar-refractivity contribution >= 4 is 17.9 Å². The predicted octanol–water partition coefficient (Wildman–Crippen LogP) is 4.54. The van der Waals surface area contributed by atoms with Crippen molar-refractivity contribution in [2.45, 2.75) is 13.8 Å². The molecule has 0 atom stereocenters. The third-order valence-corrected chi connectivity index (χ3v) is 3.86. The minimum atomic E-state index is -0.925. The number of hydrogen-bond acceptors (Lipinski definition) is 2. The van der Waals surface area contributed by atoms with E-state index in [9.17, 15) is 4.79 Å². The lowest BCUT2D eigenvalue weighted by molar-refractivity contribution is 0.0697. The molecule has 1 N–H and O–H groups in total. The average molecular weight is 318 g/mol. The second kappa shape index (κ2) is 6.54. The molecule has 1 heterocycles. The highest BCUT2D eigenvalue weighted by Gasteiger charge is 2.05. The first-order chi connectivity index (χ1) is 11.5. The second-order valence-corrected chi connectivity index (χ2v) is 5.70. The Balaban J connectivity index is 1.90. The largest absolute Gasteiger partial charge is 0.478 e. The van der Waals surface area contributed by atoms with Gasteiger partial charge in [0.1, 0.15) is 0 Å². The summed E-state index contributed by atoms with van der Waals surface area (Å²) in [5.41, 5.74) is 5.39. The number of aliphatic imine (C=N–C) groups is 1. The lowest BCUT2D eigenvalue weighted by Gasteiger charge is -2.07. The van der Waals surface area contributed by atoms with Crippen molar-refractivity contribution in [3.05, 3.63) is 83.2 Å². The Morgan fingerprint density at radius 1 is 1.08 bits per heavy atom. The van der Waals surface area contributed by atoms with Gasteiger partial charge in [-0.1, -0.05) is 17.7 Å². The van der Waals surface area contributed by atoms with Crippen molar-refractivity contribution in [1.29, 1.82) is 0 Å². The number of nitrogens with zero attached hydrogens (tertiary/aromatic N) is 2. The van der Waals surface area contributed by atoms with Gasteiger partial charge in [-0.3, -0.25) is 4.99 Å². The van der Waals surface area contributed by atoms with Crippen LogP contribution in [0.15, 0.2) is 65.8 Å². The van der Waals surface area contributed by atoms with Gasteiger partial charge in [0.25, 0.3) is 0 Å². The number of aryl methyl sites for hydroxylation is 2. The molecule has 0 aliphatic heterocycles. The summed E-state index contributed by atoms with van der Waals surface area (Å²) in [6, 6.07) is 16.9. The van der Waals surface area contributed by atoms with Crippen LogP contribution in [0, 0.1) is 13.8 Å². The van der Waals surface area contributed by atoms with E-state index in [1.54, 1.807) is 24.3 Å². The molecule has 24 heavy (non-hydrogen) atoms. The van der Waals surface area contributed by atoms with E-state index in [1.165, 1.54) is 5.56 Å². The van der Waals surface area contributed by atoms with E-state index in [0.29, 0.717) is 0 Å². The summed E-state index contributed by atoms with van der Waals surface area (Å²) in [5, 5.41) is 8.99. The van der Waals surface area contributed by atoms with E-state index in [-0.39, 0.29) is 5.56 Å². The van der Waals surface area contributed by atoms with Crippen LogP contribution < -0.4 is 0 Å². The van der Waals surface area contributed by atoms with E-state index < -0.39 is 5.97 Å². The van der Waals surface area contributed by atoms with Crippen molar-refractivity contribution in [2.24, 2.45) is 4.99 Å². The van der Waals surface area contributed by atoms with Crippen LogP contribution in [0.1, 0.15) is 27.2 Å². The molecule has 3 rings (SSSR count). The maximum atomic E-state index is 11.0. The Morgan fingerprint density at radius 3 is 2.50 bits per heavy atom. The maximum absolute atomic E-state index is 11.0. The summed E-state index contributed by atoms with van der Waals surface area (Å²) < 4.78 is 1.97. The van der Waals surface area contributed by atoms with E-state index >= 15 is 0 Å². The SMILES string of the molecule is Cc1ccc(N=Cc2cccn2-c2ccc(C(=O)O)cc2)c(C)c1. The van der Waals surface area contributed by atoms with Gasteiger partial charge in [-0.25, -0.2) is 4.79 Å². The normalized spacial score (nSPS) is 11.1. The number of carbonyl (C=O) groups is 1. The van der Waals surface area contributed by atoms with Gasteiger partial charge >= 0.3 is 5.97 Å². The molecule has 0 saturated carbocycles. The maximum Gasteiger partial charge on any atom is 0.335 e. The molecule has 4 heteroatoms.